The molecule has 4 saturated carbocycles. The van der Waals surface area contributed by atoms with Crippen molar-refractivity contribution in [2.24, 2.45) is 34.8 Å². The second-order valence-corrected chi connectivity index (χ2v) is 11.0. The molecule has 4 bridgehead atoms. The number of nitrogens with one attached hydrogen (secondary N) is 2. The summed E-state index contributed by atoms with van der Waals surface area (Å²) in [5.74, 6) is 3.08. The van der Waals surface area contributed by atoms with Crippen LogP contribution in [0.15, 0.2) is 12.3 Å². The van der Waals surface area contributed by atoms with Gasteiger partial charge in [-0.15, -0.1) is 0 Å². The quantitative estimate of drug-likeness (QED) is 0.528. The van der Waals surface area contributed by atoms with Crippen molar-refractivity contribution in [2.45, 2.75) is 71.9 Å². The third-order valence-electron chi connectivity index (χ3n) is 7.51. The van der Waals surface area contributed by atoms with Gasteiger partial charge in [-0.3, -0.25) is 9.59 Å². The number of ether oxygens (including phenoxy) is 1. The number of amides is 2. The van der Waals surface area contributed by atoms with Gasteiger partial charge in [0.25, 0.3) is 5.91 Å². The highest BCUT2D eigenvalue weighted by Gasteiger charge is 2.48. The minimum absolute atomic E-state index is 0.122. The molecule has 0 atom stereocenters. The molecule has 0 spiro atoms. The van der Waals surface area contributed by atoms with Crippen LogP contribution in [0.1, 0.15) is 70.2 Å². The van der Waals surface area contributed by atoms with E-state index in [1.54, 1.807) is 23.2 Å². The molecule has 1 heterocycles. The van der Waals surface area contributed by atoms with E-state index in [0.717, 1.165) is 11.8 Å². The average molecular weight is 458 g/mol. The van der Waals surface area contributed by atoms with Gasteiger partial charge in [0, 0.05) is 25.3 Å². The highest BCUT2D eigenvalue weighted by atomic mass is 16.5. The highest BCUT2D eigenvalue weighted by Crippen LogP contribution is 2.53. The van der Waals surface area contributed by atoms with Crippen LogP contribution in [-0.2, 0) is 4.79 Å². The molecule has 0 aliphatic heterocycles. The smallest absolute Gasteiger partial charge is 0.258 e. The Labute approximate surface area is 196 Å². The van der Waals surface area contributed by atoms with E-state index in [1.807, 2.05) is 27.7 Å². The Bertz CT molecular complexity index is 876. The van der Waals surface area contributed by atoms with E-state index in [-0.39, 0.29) is 24.0 Å². The number of rotatable bonds is 9. The predicted octanol–water partition coefficient (Wildman–Crippen LogP) is 2.80. The van der Waals surface area contributed by atoms with Crippen molar-refractivity contribution in [3.05, 3.63) is 17.8 Å². The molecular weight excluding hydrogens is 418 g/mol. The molecule has 0 radical (unpaired) electrons. The maximum Gasteiger partial charge on any atom is 0.258 e. The fraction of sp³-hybridized carbons (Fsp3) is 0.720. The molecule has 4 aliphatic rings. The van der Waals surface area contributed by atoms with Crippen molar-refractivity contribution in [3.8, 4) is 5.88 Å². The van der Waals surface area contributed by atoms with Crippen LogP contribution in [-0.4, -0.2) is 46.8 Å². The largest absolute Gasteiger partial charge is 0.474 e. The second-order valence-electron chi connectivity index (χ2n) is 11.0. The summed E-state index contributed by atoms with van der Waals surface area (Å²) < 4.78 is 7.55. The fourth-order valence-corrected chi connectivity index (χ4v) is 6.09. The van der Waals surface area contributed by atoms with Gasteiger partial charge >= 0.3 is 0 Å². The second kappa shape index (κ2) is 9.49. The molecule has 5 rings (SSSR count). The van der Waals surface area contributed by atoms with Crippen LogP contribution in [0.4, 0.5) is 0 Å². The normalized spacial score (nSPS) is 28.5. The molecule has 0 aromatic carbocycles. The molecule has 0 unspecified atom stereocenters. The molecule has 0 saturated heterocycles. The van der Waals surface area contributed by atoms with Crippen molar-refractivity contribution in [1.82, 2.24) is 20.4 Å². The lowest BCUT2D eigenvalue weighted by atomic mass is 9.54. The number of nitrogens with zero attached hydrogens (tertiary/aromatic N) is 2. The minimum atomic E-state index is -0.765. The van der Waals surface area contributed by atoms with Crippen LogP contribution < -0.4 is 21.1 Å². The first-order valence-corrected chi connectivity index (χ1v) is 12.4. The number of carbonyl (C=O) groups excluding carboxylic acids is 2. The Morgan fingerprint density at radius 3 is 2.42 bits per heavy atom. The zero-order valence-electron chi connectivity index (χ0n) is 20.3. The van der Waals surface area contributed by atoms with Crippen molar-refractivity contribution in [1.29, 1.82) is 0 Å². The van der Waals surface area contributed by atoms with E-state index < -0.39 is 5.41 Å². The van der Waals surface area contributed by atoms with Crippen molar-refractivity contribution < 1.29 is 14.3 Å². The van der Waals surface area contributed by atoms with E-state index in [0.29, 0.717) is 36.4 Å². The molecule has 4 fully saturated rings. The summed E-state index contributed by atoms with van der Waals surface area (Å²) in [7, 11) is 0. The highest BCUT2D eigenvalue weighted by molar-refractivity contribution is 5.96. The van der Waals surface area contributed by atoms with Gasteiger partial charge in [-0.2, -0.15) is 5.10 Å². The van der Waals surface area contributed by atoms with Gasteiger partial charge in [-0.25, -0.2) is 4.68 Å². The van der Waals surface area contributed by atoms with Gasteiger partial charge in [-0.05, 0) is 83.5 Å². The van der Waals surface area contributed by atoms with Gasteiger partial charge in [-0.1, -0.05) is 6.08 Å². The van der Waals surface area contributed by atoms with E-state index in [2.05, 4.69) is 15.7 Å². The SMILES string of the molecule is CC(C)Oc1c(C(=O)NC2C3CC4CC(C3)CC2C4)cnn1C=CC(C)(C)C(=O)NCCN. The molecule has 8 heteroatoms. The van der Waals surface area contributed by atoms with Crippen LogP contribution >= 0.6 is 0 Å². The maximum absolute atomic E-state index is 13.3. The zero-order chi connectivity index (χ0) is 23.8. The third kappa shape index (κ3) is 5.10. The van der Waals surface area contributed by atoms with Gasteiger partial charge in [0.2, 0.25) is 11.8 Å². The van der Waals surface area contributed by atoms with Crippen molar-refractivity contribution in [2.75, 3.05) is 13.1 Å². The van der Waals surface area contributed by atoms with E-state index in [9.17, 15) is 9.59 Å². The molecule has 1 aromatic rings. The Balaban J connectivity index is 1.50. The Morgan fingerprint density at radius 2 is 1.85 bits per heavy atom. The summed E-state index contributed by atoms with van der Waals surface area (Å²) in [5.41, 5.74) is 5.16. The molecule has 4 aliphatic carbocycles. The molecule has 8 nitrogen and oxygen atoms in total. The lowest BCUT2D eigenvalue weighted by Crippen LogP contribution is -2.55. The lowest BCUT2D eigenvalue weighted by Gasteiger charge is -2.54. The molecule has 182 valence electrons. The van der Waals surface area contributed by atoms with Crippen LogP contribution in [0.25, 0.3) is 6.20 Å². The summed E-state index contributed by atoms with van der Waals surface area (Å²) in [5, 5.41) is 10.5. The fourth-order valence-electron chi connectivity index (χ4n) is 6.09. The number of carbonyl (C=O) groups is 2. The Morgan fingerprint density at radius 1 is 1.21 bits per heavy atom. The number of aromatic nitrogens is 2. The lowest BCUT2D eigenvalue weighted by molar-refractivity contribution is -0.127. The first-order valence-electron chi connectivity index (χ1n) is 12.4. The molecular formula is C25H39N5O3. The monoisotopic (exact) mass is 457 g/mol. The van der Waals surface area contributed by atoms with Gasteiger partial charge in [0.05, 0.1) is 17.7 Å². The molecule has 33 heavy (non-hydrogen) atoms. The summed E-state index contributed by atoms with van der Waals surface area (Å²) in [6.45, 7) is 8.30. The topological polar surface area (TPSA) is 111 Å². The Kier molecular flexibility index (Phi) is 6.84. The van der Waals surface area contributed by atoms with Crippen LogP contribution in [0.2, 0.25) is 0 Å². The van der Waals surface area contributed by atoms with E-state index in [4.69, 9.17) is 10.5 Å². The number of nitrogens with two attached hydrogens (primary N) is 1. The summed E-state index contributed by atoms with van der Waals surface area (Å²) in [4.78, 5) is 25.8. The van der Waals surface area contributed by atoms with Crippen molar-refractivity contribution >= 4 is 18.0 Å². The first-order chi connectivity index (χ1) is 15.7. The number of hydrogen-bond acceptors (Lipinski definition) is 5. The third-order valence-corrected chi connectivity index (χ3v) is 7.51. The minimum Gasteiger partial charge on any atom is -0.474 e. The van der Waals surface area contributed by atoms with E-state index >= 15 is 0 Å². The van der Waals surface area contributed by atoms with Crippen LogP contribution in [0.5, 0.6) is 5.88 Å². The van der Waals surface area contributed by atoms with Gasteiger partial charge in [0.15, 0.2) is 0 Å². The average Bonchev–Trinajstić information content (AvgIpc) is 3.14. The van der Waals surface area contributed by atoms with Gasteiger partial charge in [0.1, 0.15) is 5.56 Å². The summed E-state index contributed by atoms with van der Waals surface area (Å²) in [6.07, 6.45) is 11.3. The molecule has 2 amide bonds. The first kappa shape index (κ1) is 23.8. The van der Waals surface area contributed by atoms with Crippen LogP contribution in [0, 0.1) is 29.1 Å². The van der Waals surface area contributed by atoms with Crippen LogP contribution in [0.3, 0.4) is 0 Å². The molecule has 4 N–H and O–H groups in total. The maximum atomic E-state index is 13.3. The van der Waals surface area contributed by atoms with Crippen molar-refractivity contribution in [3.63, 3.8) is 0 Å². The number of hydrogen-bond donors (Lipinski definition) is 3. The zero-order valence-corrected chi connectivity index (χ0v) is 20.3. The van der Waals surface area contributed by atoms with E-state index in [1.165, 1.54) is 32.1 Å². The molecule has 1 aromatic heterocycles. The Hall–Kier alpha value is -2.35. The summed E-state index contributed by atoms with van der Waals surface area (Å²) in [6, 6.07) is 0.251. The summed E-state index contributed by atoms with van der Waals surface area (Å²) >= 11 is 0. The predicted molar refractivity (Wildman–Crippen MR) is 127 cm³/mol. The van der Waals surface area contributed by atoms with Gasteiger partial charge < -0.3 is 21.1 Å². The standard InChI is InChI=1S/C25H39N5O3/c1-15(2)33-23-20(14-28-30(23)8-5-25(3,4)24(32)27-7-6-26)22(31)29-21-18-10-16-9-17(12-18)13-19(21)11-16/h5,8,14-19,21H,6-7,9-13,26H2,1-4H3,(H,27,32)(H,29,31).